The summed E-state index contributed by atoms with van der Waals surface area (Å²) in [5.41, 5.74) is 0.846. The maximum absolute atomic E-state index is 13.8. The lowest BCUT2D eigenvalue weighted by atomic mass is 10.2. The number of aromatic nitrogens is 1. The van der Waals surface area contributed by atoms with Gasteiger partial charge in [-0.25, -0.2) is 9.18 Å². The molecule has 25 heavy (non-hydrogen) atoms. The van der Waals surface area contributed by atoms with Crippen LogP contribution in [-0.4, -0.2) is 10.5 Å². The molecule has 0 saturated heterocycles. The average Bonchev–Trinajstić information content (AvgIpc) is 2.96. The van der Waals surface area contributed by atoms with Crippen LogP contribution in [0.5, 0.6) is 0 Å². The Labute approximate surface area is 141 Å². The number of carbonyl (C=O) groups excluding carboxylic acids is 1. The van der Waals surface area contributed by atoms with Gasteiger partial charge < -0.3 is 14.3 Å². The lowest BCUT2D eigenvalue weighted by molar-refractivity contribution is 0.101. The van der Waals surface area contributed by atoms with Gasteiger partial charge in [-0.1, -0.05) is 24.3 Å². The fraction of sp³-hybridized carbons (Fsp3) is 0.0526. The number of fused-ring (bicyclic) bond motifs is 3. The molecule has 6 heteroatoms. The molecule has 0 spiro atoms. The van der Waals surface area contributed by atoms with E-state index in [0.717, 1.165) is 5.39 Å². The molecule has 0 aliphatic heterocycles. The summed E-state index contributed by atoms with van der Waals surface area (Å²) in [5, 5.41) is 3.56. The van der Waals surface area contributed by atoms with Crippen LogP contribution in [0, 0.1) is 5.82 Å². The zero-order valence-corrected chi connectivity index (χ0v) is 13.2. The van der Waals surface area contributed by atoms with E-state index in [0.29, 0.717) is 16.5 Å². The van der Waals surface area contributed by atoms with Crippen LogP contribution in [0.15, 0.2) is 63.8 Å². The molecule has 4 aromatic rings. The van der Waals surface area contributed by atoms with Crippen LogP contribution >= 0.6 is 0 Å². The molecule has 0 atom stereocenters. The van der Waals surface area contributed by atoms with E-state index < -0.39 is 17.3 Å². The number of benzene rings is 2. The van der Waals surface area contributed by atoms with Crippen molar-refractivity contribution in [2.24, 2.45) is 7.05 Å². The van der Waals surface area contributed by atoms with Gasteiger partial charge in [0.15, 0.2) is 0 Å². The van der Waals surface area contributed by atoms with Crippen LogP contribution in [0.3, 0.4) is 0 Å². The Kier molecular flexibility index (Phi) is 3.39. The molecule has 4 rings (SSSR count). The number of para-hydroxylation sites is 2. The Morgan fingerprint density at radius 3 is 2.60 bits per heavy atom. The predicted molar refractivity (Wildman–Crippen MR) is 93.3 cm³/mol. The number of amides is 1. The molecule has 2 aromatic carbocycles. The van der Waals surface area contributed by atoms with Gasteiger partial charge in [0.25, 0.3) is 5.91 Å². The van der Waals surface area contributed by atoms with Crippen LogP contribution in [-0.2, 0) is 7.05 Å². The third-order valence-electron chi connectivity index (χ3n) is 4.15. The van der Waals surface area contributed by atoms with Crippen molar-refractivity contribution in [2.45, 2.75) is 0 Å². The number of hydrogen-bond donors (Lipinski definition) is 1. The third kappa shape index (κ3) is 2.39. The van der Waals surface area contributed by atoms with E-state index in [1.165, 1.54) is 18.2 Å². The molecule has 0 unspecified atom stereocenters. The van der Waals surface area contributed by atoms with Crippen LogP contribution in [0.25, 0.3) is 21.9 Å². The van der Waals surface area contributed by atoms with E-state index in [2.05, 4.69) is 5.32 Å². The normalized spacial score (nSPS) is 11.1. The van der Waals surface area contributed by atoms with Crippen molar-refractivity contribution in [1.29, 1.82) is 0 Å². The molecule has 0 radical (unpaired) electrons. The molecule has 124 valence electrons. The second-order valence-electron chi connectivity index (χ2n) is 5.67. The standard InChI is InChI=1S/C19H13FN2O3/c1-22-15(18(23)21-14-8-4-3-7-13(14)20)10-12-17(22)11-6-2-5-9-16(11)25-19(12)24/h2-10H,1H3,(H,21,23). The molecule has 0 bridgehead atoms. The Bertz CT molecular complexity index is 1190. The molecule has 2 aromatic heterocycles. The summed E-state index contributed by atoms with van der Waals surface area (Å²) in [6.45, 7) is 0. The van der Waals surface area contributed by atoms with Gasteiger partial charge in [-0.2, -0.15) is 0 Å². The van der Waals surface area contributed by atoms with Crippen LogP contribution in [0.2, 0.25) is 0 Å². The SMILES string of the molecule is Cn1c(C(=O)Nc2ccccc2F)cc2c(=O)oc3ccccc3c21. The van der Waals surface area contributed by atoms with Crippen molar-refractivity contribution >= 4 is 33.5 Å². The Balaban J connectivity index is 1.89. The van der Waals surface area contributed by atoms with Gasteiger partial charge in [0.2, 0.25) is 0 Å². The Morgan fingerprint density at radius 2 is 1.80 bits per heavy atom. The Hall–Kier alpha value is -3.41. The molecular formula is C19H13FN2O3. The topological polar surface area (TPSA) is 64.2 Å². The molecule has 1 amide bonds. The zero-order chi connectivity index (χ0) is 17.6. The highest BCUT2D eigenvalue weighted by atomic mass is 19.1. The molecule has 5 nitrogen and oxygen atoms in total. The summed E-state index contributed by atoms with van der Waals surface area (Å²) in [6.07, 6.45) is 0. The molecule has 2 heterocycles. The first-order chi connectivity index (χ1) is 12.1. The lowest BCUT2D eigenvalue weighted by Gasteiger charge is -2.08. The smallest absolute Gasteiger partial charge is 0.345 e. The van der Waals surface area contributed by atoms with Gasteiger partial charge in [0.05, 0.1) is 16.6 Å². The largest absolute Gasteiger partial charge is 0.422 e. The molecular weight excluding hydrogens is 323 g/mol. The van der Waals surface area contributed by atoms with Crippen molar-refractivity contribution in [3.63, 3.8) is 0 Å². The number of nitrogens with zero attached hydrogens (tertiary/aromatic N) is 1. The average molecular weight is 336 g/mol. The minimum Gasteiger partial charge on any atom is -0.422 e. The fourth-order valence-corrected chi connectivity index (χ4v) is 2.96. The van der Waals surface area contributed by atoms with Gasteiger partial charge in [-0.05, 0) is 30.3 Å². The number of carbonyl (C=O) groups is 1. The molecule has 1 N–H and O–H groups in total. The first-order valence-corrected chi connectivity index (χ1v) is 7.63. The maximum atomic E-state index is 13.8. The van der Waals surface area contributed by atoms with E-state index in [1.54, 1.807) is 35.9 Å². The zero-order valence-electron chi connectivity index (χ0n) is 13.2. The lowest BCUT2D eigenvalue weighted by Crippen LogP contribution is -2.16. The summed E-state index contributed by atoms with van der Waals surface area (Å²) in [7, 11) is 1.68. The minimum atomic E-state index is -0.528. The Morgan fingerprint density at radius 1 is 1.08 bits per heavy atom. The quantitative estimate of drug-likeness (QED) is 0.568. The number of rotatable bonds is 2. The van der Waals surface area contributed by atoms with E-state index in [9.17, 15) is 14.0 Å². The third-order valence-corrected chi connectivity index (χ3v) is 4.15. The monoisotopic (exact) mass is 336 g/mol. The summed E-state index contributed by atoms with van der Waals surface area (Å²) in [5.74, 6) is -1.04. The molecule has 0 saturated carbocycles. The van der Waals surface area contributed by atoms with Gasteiger partial charge in [-0.3, -0.25) is 4.79 Å². The second kappa shape index (κ2) is 5.59. The van der Waals surface area contributed by atoms with Gasteiger partial charge >= 0.3 is 5.63 Å². The van der Waals surface area contributed by atoms with Crippen LogP contribution in [0.1, 0.15) is 10.5 Å². The molecule has 0 aliphatic rings. The van der Waals surface area contributed by atoms with E-state index in [1.807, 2.05) is 12.1 Å². The second-order valence-corrected chi connectivity index (χ2v) is 5.67. The number of halogens is 1. The van der Waals surface area contributed by atoms with Crippen molar-refractivity contribution in [2.75, 3.05) is 5.32 Å². The number of nitrogens with one attached hydrogen (secondary N) is 1. The molecule has 0 fully saturated rings. The highest BCUT2D eigenvalue weighted by molar-refractivity contribution is 6.10. The van der Waals surface area contributed by atoms with E-state index >= 15 is 0 Å². The van der Waals surface area contributed by atoms with Crippen molar-refractivity contribution in [3.05, 3.63) is 76.5 Å². The van der Waals surface area contributed by atoms with Gasteiger partial charge in [0.1, 0.15) is 17.1 Å². The van der Waals surface area contributed by atoms with E-state index in [4.69, 9.17) is 4.42 Å². The summed E-state index contributed by atoms with van der Waals surface area (Å²) < 4.78 is 20.7. The maximum Gasteiger partial charge on any atom is 0.345 e. The van der Waals surface area contributed by atoms with Crippen LogP contribution < -0.4 is 10.9 Å². The first-order valence-electron chi connectivity index (χ1n) is 7.63. The number of hydrogen-bond acceptors (Lipinski definition) is 3. The minimum absolute atomic E-state index is 0.0784. The summed E-state index contributed by atoms with van der Waals surface area (Å²) in [6, 6.07) is 14.5. The molecule has 0 aliphatic carbocycles. The predicted octanol–water partition coefficient (Wildman–Crippen LogP) is 3.68. The van der Waals surface area contributed by atoms with E-state index in [-0.39, 0.29) is 11.4 Å². The van der Waals surface area contributed by atoms with Gasteiger partial charge in [-0.15, -0.1) is 0 Å². The van der Waals surface area contributed by atoms with Crippen molar-refractivity contribution in [3.8, 4) is 0 Å². The highest BCUT2D eigenvalue weighted by Gasteiger charge is 2.19. The summed E-state index contributed by atoms with van der Waals surface area (Å²) >= 11 is 0. The number of aryl methyl sites for hydroxylation is 1. The fourth-order valence-electron chi connectivity index (χ4n) is 2.96. The van der Waals surface area contributed by atoms with Crippen molar-refractivity contribution in [1.82, 2.24) is 4.57 Å². The van der Waals surface area contributed by atoms with Gasteiger partial charge in [0, 0.05) is 12.4 Å². The first kappa shape index (κ1) is 15.1. The summed E-state index contributed by atoms with van der Waals surface area (Å²) in [4.78, 5) is 24.8. The highest BCUT2D eigenvalue weighted by Crippen LogP contribution is 2.25. The number of anilines is 1. The van der Waals surface area contributed by atoms with Crippen molar-refractivity contribution < 1.29 is 13.6 Å². The van der Waals surface area contributed by atoms with Crippen LogP contribution in [0.4, 0.5) is 10.1 Å².